The summed E-state index contributed by atoms with van der Waals surface area (Å²) >= 11 is 12.2. The van der Waals surface area contributed by atoms with Gasteiger partial charge in [-0.25, -0.2) is 0 Å². The Morgan fingerprint density at radius 2 is 1.74 bits per heavy atom. The zero-order chi connectivity index (χ0) is 25.3. The summed E-state index contributed by atoms with van der Waals surface area (Å²) in [5.41, 5.74) is 10.1. The zero-order valence-electron chi connectivity index (χ0n) is 19.9. The molecule has 1 saturated carbocycles. The number of amides is 2. The molecule has 2 N–H and O–H groups in total. The summed E-state index contributed by atoms with van der Waals surface area (Å²) in [6, 6.07) is 12.5. The smallest absolute Gasteiger partial charge is 0.258 e. The number of nitrogens with one attached hydrogen (secondary N) is 2. The molecule has 1 fully saturated rings. The van der Waals surface area contributed by atoms with Gasteiger partial charge in [0, 0.05) is 28.6 Å². The van der Waals surface area contributed by atoms with Crippen LogP contribution < -0.4 is 10.6 Å². The Morgan fingerprint density at radius 1 is 1.09 bits per heavy atom. The number of nitrogens with zero attached hydrogens (tertiary/aromatic N) is 3. The van der Waals surface area contributed by atoms with Crippen LogP contribution in [0.2, 0.25) is 10.0 Å². The van der Waals surface area contributed by atoms with E-state index in [0.717, 1.165) is 50.5 Å². The molecule has 35 heavy (non-hydrogen) atoms. The van der Waals surface area contributed by atoms with Gasteiger partial charge in [-0.1, -0.05) is 65.8 Å². The van der Waals surface area contributed by atoms with Crippen molar-refractivity contribution in [3.8, 4) is 0 Å². The lowest BCUT2D eigenvalue weighted by molar-refractivity contribution is -0.132. The van der Waals surface area contributed by atoms with E-state index in [1.54, 1.807) is 18.2 Å². The second-order valence-electron chi connectivity index (χ2n) is 9.23. The van der Waals surface area contributed by atoms with E-state index < -0.39 is 0 Å². The number of carbonyl (C=O) groups excluding carboxylic acids is 2. The fraction of sp³-hybridized carbons (Fsp3) is 0.462. The van der Waals surface area contributed by atoms with E-state index in [9.17, 15) is 9.59 Å². The summed E-state index contributed by atoms with van der Waals surface area (Å²) in [6.07, 6.45) is 7.18. The van der Waals surface area contributed by atoms with Crippen molar-refractivity contribution >= 4 is 40.7 Å². The lowest BCUT2D eigenvalue weighted by atomic mass is 9.80. The van der Waals surface area contributed by atoms with Gasteiger partial charge in [0.2, 0.25) is 5.91 Å². The van der Waals surface area contributed by atoms with Crippen LogP contribution in [0.3, 0.4) is 0 Å². The first-order valence-corrected chi connectivity index (χ1v) is 12.8. The second kappa shape index (κ2) is 12.8. The van der Waals surface area contributed by atoms with Crippen molar-refractivity contribution < 1.29 is 9.59 Å². The highest BCUT2D eigenvalue weighted by Gasteiger charge is 2.40. The molecule has 1 atom stereocenters. The van der Waals surface area contributed by atoms with E-state index in [2.05, 4.69) is 20.7 Å². The molecule has 9 heteroatoms. The molecule has 7 nitrogen and oxygen atoms in total. The van der Waals surface area contributed by atoms with Crippen molar-refractivity contribution in [2.75, 3.05) is 11.9 Å². The maximum absolute atomic E-state index is 13.2. The first-order valence-electron chi connectivity index (χ1n) is 12.0. The highest BCUT2D eigenvalue weighted by Crippen LogP contribution is 2.42. The van der Waals surface area contributed by atoms with Crippen molar-refractivity contribution in [3.05, 3.63) is 74.1 Å². The summed E-state index contributed by atoms with van der Waals surface area (Å²) in [7, 11) is 0. The van der Waals surface area contributed by atoms with Crippen LogP contribution in [0.25, 0.3) is 10.4 Å². The van der Waals surface area contributed by atoms with Crippen molar-refractivity contribution in [3.63, 3.8) is 0 Å². The molecule has 0 aliphatic heterocycles. The molecule has 2 aromatic rings. The second-order valence-corrected chi connectivity index (χ2v) is 10.0. The van der Waals surface area contributed by atoms with Crippen LogP contribution >= 0.6 is 23.2 Å². The van der Waals surface area contributed by atoms with Crippen molar-refractivity contribution in [2.24, 2.45) is 10.5 Å². The standard InChI is InChI=1S/C26H31Cl2N5O2/c1-18(31-25(35)26(13-2-3-14-26)15-4-5-16-30-33-29)17-19-9-11-20(12-10-19)32-24(34)23-21(27)7-6-8-22(23)28/h6-12,18H,2-5,13-17H2,1H3,(H,31,35)(H,32,34). The van der Waals surface area contributed by atoms with Gasteiger partial charge in [0.15, 0.2) is 0 Å². The summed E-state index contributed by atoms with van der Waals surface area (Å²) in [5.74, 6) is -0.234. The predicted molar refractivity (Wildman–Crippen MR) is 141 cm³/mol. The first kappa shape index (κ1) is 26.9. The summed E-state index contributed by atoms with van der Waals surface area (Å²) in [5, 5.41) is 10.2. The molecule has 0 bridgehead atoms. The fourth-order valence-electron chi connectivity index (χ4n) is 4.75. The van der Waals surface area contributed by atoms with E-state index in [1.165, 1.54) is 0 Å². The third-order valence-corrected chi connectivity index (χ3v) is 7.22. The van der Waals surface area contributed by atoms with E-state index in [4.69, 9.17) is 28.7 Å². The van der Waals surface area contributed by atoms with E-state index in [-0.39, 0.29) is 28.8 Å². The molecule has 0 spiro atoms. The quantitative estimate of drug-likeness (QED) is 0.141. The fourth-order valence-corrected chi connectivity index (χ4v) is 5.32. The normalized spacial score (nSPS) is 15.2. The molecule has 2 amide bonds. The molecule has 2 aromatic carbocycles. The van der Waals surface area contributed by atoms with Gasteiger partial charge in [0.1, 0.15) is 0 Å². The van der Waals surface area contributed by atoms with Gasteiger partial charge in [0.05, 0.1) is 15.6 Å². The third kappa shape index (κ3) is 7.38. The molecular formula is C26H31Cl2N5O2. The Morgan fingerprint density at radius 3 is 2.37 bits per heavy atom. The Hall–Kier alpha value is -2.73. The molecular weight excluding hydrogens is 485 g/mol. The van der Waals surface area contributed by atoms with Crippen LogP contribution in [0.1, 0.15) is 67.8 Å². The van der Waals surface area contributed by atoms with Gasteiger partial charge in [0.25, 0.3) is 5.91 Å². The number of anilines is 1. The predicted octanol–water partition coefficient (Wildman–Crippen LogP) is 7.33. The lowest BCUT2D eigenvalue weighted by Crippen LogP contribution is -2.44. The van der Waals surface area contributed by atoms with Crippen molar-refractivity contribution in [1.29, 1.82) is 0 Å². The minimum atomic E-state index is -0.365. The monoisotopic (exact) mass is 515 g/mol. The third-order valence-electron chi connectivity index (χ3n) is 6.59. The highest BCUT2D eigenvalue weighted by molar-refractivity contribution is 6.40. The lowest BCUT2D eigenvalue weighted by Gasteiger charge is -2.29. The van der Waals surface area contributed by atoms with Gasteiger partial charge in [-0.05, 0) is 74.4 Å². The topological polar surface area (TPSA) is 107 Å². The SMILES string of the molecule is CC(Cc1ccc(NC(=O)c2c(Cl)cccc2Cl)cc1)NC(=O)C1(CCCCN=[N+]=[N-])CCCC1. The van der Waals surface area contributed by atoms with Crippen LogP contribution in [0.15, 0.2) is 47.6 Å². The summed E-state index contributed by atoms with van der Waals surface area (Å²) in [4.78, 5) is 28.6. The number of hydrogen-bond acceptors (Lipinski definition) is 3. The Kier molecular flexibility index (Phi) is 9.84. The molecule has 3 rings (SSSR count). The molecule has 1 aliphatic carbocycles. The molecule has 0 heterocycles. The van der Waals surface area contributed by atoms with Gasteiger partial charge in [-0.15, -0.1) is 0 Å². The van der Waals surface area contributed by atoms with E-state index in [0.29, 0.717) is 28.7 Å². The number of halogens is 2. The van der Waals surface area contributed by atoms with E-state index in [1.807, 2.05) is 31.2 Å². The molecule has 0 aromatic heterocycles. The van der Waals surface area contributed by atoms with Crippen LogP contribution in [-0.4, -0.2) is 24.4 Å². The molecule has 186 valence electrons. The Labute approximate surface area is 216 Å². The van der Waals surface area contributed by atoms with Crippen LogP contribution in [0.4, 0.5) is 5.69 Å². The van der Waals surface area contributed by atoms with Crippen molar-refractivity contribution in [1.82, 2.24) is 5.32 Å². The molecule has 1 aliphatic rings. The average molecular weight is 516 g/mol. The summed E-state index contributed by atoms with van der Waals surface area (Å²) < 4.78 is 0. The minimum absolute atomic E-state index is 0.0227. The van der Waals surface area contributed by atoms with Crippen molar-refractivity contribution in [2.45, 2.75) is 64.3 Å². The maximum Gasteiger partial charge on any atom is 0.258 e. The molecule has 0 saturated heterocycles. The number of unbranched alkanes of at least 4 members (excludes halogenated alkanes) is 1. The number of carbonyl (C=O) groups is 2. The van der Waals surface area contributed by atoms with Crippen LogP contribution in [-0.2, 0) is 11.2 Å². The minimum Gasteiger partial charge on any atom is -0.353 e. The van der Waals surface area contributed by atoms with Crippen LogP contribution in [0, 0.1) is 5.41 Å². The average Bonchev–Trinajstić information content (AvgIpc) is 3.30. The van der Waals surface area contributed by atoms with Gasteiger partial charge in [-0.3, -0.25) is 9.59 Å². The number of benzene rings is 2. The van der Waals surface area contributed by atoms with Crippen LogP contribution in [0.5, 0.6) is 0 Å². The molecule has 0 radical (unpaired) electrons. The van der Waals surface area contributed by atoms with E-state index >= 15 is 0 Å². The number of rotatable bonds is 11. The van der Waals surface area contributed by atoms with Gasteiger partial charge in [-0.2, -0.15) is 0 Å². The molecule has 1 unspecified atom stereocenters. The largest absolute Gasteiger partial charge is 0.353 e. The van der Waals surface area contributed by atoms with Gasteiger partial charge < -0.3 is 10.6 Å². The number of hydrogen-bond donors (Lipinski definition) is 2. The Bertz CT molecular complexity index is 1060. The summed E-state index contributed by atoms with van der Waals surface area (Å²) in [6.45, 7) is 2.49. The highest BCUT2D eigenvalue weighted by atomic mass is 35.5. The first-order chi connectivity index (χ1) is 16.8. The van der Waals surface area contributed by atoms with Gasteiger partial charge >= 0.3 is 0 Å². The maximum atomic E-state index is 13.2. The zero-order valence-corrected chi connectivity index (χ0v) is 21.4. The Balaban J connectivity index is 1.54. The number of azide groups is 1.